The predicted octanol–water partition coefficient (Wildman–Crippen LogP) is 1.41. The van der Waals surface area contributed by atoms with Gasteiger partial charge in [0.2, 0.25) is 0 Å². The van der Waals surface area contributed by atoms with E-state index in [1.54, 1.807) is 7.11 Å². The number of aryl methyl sites for hydroxylation is 1. The van der Waals surface area contributed by atoms with Crippen LogP contribution in [0.15, 0.2) is 23.2 Å². The van der Waals surface area contributed by atoms with Gasteiger partial charge in [-0.2, -0.15) is 0 Å². The number of ether oxygens (including phenoxy) is 2. The summed E-state index contributed by atoms with van der Waals surface area (Å²) in [4.78, 5) is 3.97. The van der Waals surface area contributed by atoms with Crippen molar-refractivity contribution in [3.8, 4) is 5.75 Å². The van der Waals surface area contributed by atoms with Gasteiger partial charge in [-0.3, -0.25) is 0 Å². The minimum Gasteiger partial charge on any atom is -0.491 e. The molecule has 0 aliphatic rings. The molecule has 0 aliphatic carbocycles. The van der Waals surface area contributed by atoms with Gasteiger partial charge < -0.3 is 20.9 Å². The number of hydrogen-bond donors (Lipinski definition) is 2. The van der Waals surface area contributed by atoms with Crippen LogP contribution in [0.5, 0.6) is 5.75 Å². The molecule has 0 saturated carbocycles. The quantitative estimate of drug-likeness (QED) is 0.346. The van der Waals surface area contributed by atoms with E-state index in [0.717, 1.165) is 16.9 Å². The smallest absolute Gasteiger partial charge is 0.186 e. The summed E-state index contributed by atoms with van der Waals surface area (Å²) in [6.07, 6.45) is 0. The van der Waals surface area contributed by atoms with Crippen molar-refractivity contribution in [3.05, 3.63) is 29.3 Å². The van der Waals surface area contributed by atoms with Gasteiger partial charge in [-0.05, 0) is 18.6 Å². The zero-order valence-corrected chi connectivity index (χ0v) is 13.0. The van der Waals surface area contributed by atoms with Gasteiger partial charge in [0.1, 0.15) is 12.4 Å². The number of halogens is 1. The molecular formula is C12H20IN3O2. The van der Waals surface area contributed by atoms with Gasteiger partial charge in [-0.15, -0.1) is 24.0 Å². The van der Waals surface area contributed by atoms with E-state index in [2.05, 4.69) is 4.99 Å². The second kappa shape index (κ2) is 8.98. The third-order valence-corrected chi connectivity index (χ3v) is 2.20. The number of hydrogen-bond acceptors (Lipinski definition) is 3. The maximum Gasteiger partial charge on any atom is 0.186 e. The normalized spacial score (nSPS) is 9.44. The molecular weight excluding hydrogens is 345 g/mol. The van der Waals surface area contributed by atoms with Crippen molar-refractivity contribution in [1.82, 2.24) is 0 Å². The lowest BCUT2D eigenvalue weighted by atomic mass is 10.1. The van der Waals surface area contributed by atoms with E-state index in [9.17, 15) is 0 Å². The maximum absolute atomic E-state index is 5.61. The van der Waals surface area contributed by atoms with Crippen molar-refractivity contribution < 1.29 is 9.47 Å². The van der Waals surface area contributed by atoms with Crippen molar-refractivity contribution >= 4 is 29.9 Å². The SMILES string of the molecule is COCCOc1cc(C)ccc1CN=C(N)N.I. The summed E-state index contributed by atoms with van der Waals surface area (Å²) in [6.45, 7) is 3.49. The molecule has 0 aliphatic heterocycles. The minimum absolute atomic E-state index is 0. The lowest BCUT2D eigenvalue weighted by molar-refractivity contribution is 0.146. The Labute approximate surface area is 125 Å². The highest BCUT2D eigenvalue weighted by Crippen LogP contribution is 2.21. The zero-order valence-electron chi connectivity index (χ0n) is 10.7. The Morgan fingerprint density at radius 1 is 1.28 bits per heavy atom. The molecule has 0 spiro atoms. The van der Waals surface area contributed by atoms with Crippen molar-refractivity contribution in [2.45, 2.75) is 13.5 Å². The second-order valence-electron chi connectivity index (χ2n) is 3.69. The number of rotatable bonds is 6. The third-order valence-electron chi connectivity index (χ3n) is 2.20. The number of aliphatic imine (C=N–C) groups is 1. The fourth-order valence-corrected chi connectivity index (χ4v) is 1.34. The monoisotopic (exact) mass is 365 g/mol. The Morgan fingerprint density at radius 2 is 2.00 bits per heavy atom. The first-order valence-corrected chi connectivity index (χ1v) is 5.40. The maximum atomic E-state index is 5.61. The minimum atomic E-state index is 0. The van der Waals surface area contributed by atoms with Crippen molar-refractivity contribution in [1.29, 1.82) is 0 Å². The summed E-state index contributed by atoms with van der Waals surface area (Å²) in [5, 5.41) is 0. The van der Waals surface area contributed by atoms with Crippen LogP contribution in [-0.4, -0.2) is 26.3 Å². The average Bonchev–Trinajstić information content (AvgIpc) is 2.28. The molecule has 1 aromatic rings. The van der Waals surface area contributed by atoms with E-state index >= 15 is 0 Å². The molecule has 102 valence electrons. The molecule has 0 atom stereocenters. The summed E-state index contributed by atoms with van der Waals surface area (Å²) in [6, 6.07) is 5.93. The van der Waals surface area contributed by atoms with Gasteiger partial charge in [0.05, 0.1) is 13.2 Å². The van der Waals surface area contributed by atoms with Crippen LogP contribution in [-0.2, 0) is 11.3 Å². The molecule has 4 N–H and O–H groups in total. The van der Waals surface area contributed by atoms with Gasteiger partial charge in [0, 0.05) is 12.7 Å². The summed E-state index contributed by atoms with van der Waals surface area (Å²) in [5.74, 6) is 0.875. The number of nitrogens with zero attached hydrogens (tertiary/aromatic N) is 1. The summed E-state index contributed by atoms with van der Waals surface area (Å²) < 4.78 is 10.6. The molecule has 1 rings (SSSR count). The van der Waals surface area contributed by atoms with E-state index in [1.807, 2.05) is 25.1 Å². The Kier molecular flexibility index (Phi) is 8.47. The van der Waals surface area contributed by atoms with E-state index < -0.39 is 0 Å². The summed E-state index contributed by atoms with van der Waals surface area (Å²) in [7, 11) is 1.64. The van der Waals surface area contributed by atoms with Crippen LogP contribution in [0.1, 0.15) is 11.1 Å². The molecule has 6 heteroatoms. The van der Waals surface area contributed by atoms with E-state index in [1.165, 1.54) is 0 Å². The van der Waals surface area contributed by atoms with Gasteiger partial charge in [-0.25, -0.2) is 4.99 Å². The lowest BCUT2D eigenvalue weighted by Gasteiger charge is -2.11. The van der Waals surface area contributed by atoms with E-state index in [-0.39, 0.29) is 29.9 Å². The van der Waals surface area contributed by atoms with Crippen LogP contribution in [0.2, 0.25) is 0 Å². The van der Waals surface area contributed by atoms with Crippen molar-refractivity contribution in [2.75, 3.05) is 20.3 Å². The van der Waals surface area contributed by atoms with Gasteiger partial charge in [0.15, 0.2) is 5.96 Å². The number of guanidine groups is 1. The molecule has 0 aromatic heterocycles. The molecule has 0 fully saturated rings. The molecule has 0 bridgehead atoms. The highest BCUT2D eigenvalue weighted by Gasteiger charge is 2.03. The largest absolute Gasteiger partial charge is 0.491 e. The molecule has 18 heavy (non-hydrogen) atoms. The van der Waals surface area contributed by atoms with Crippen LogP contribution >= 0.6 is 24.0 Å². The highest BCUT2D eigenvalue weighted by atomic mass is 127. The Bertz CT molecular complexity index is 393. The van der Waals surface area contributed by atoms with Crippen LogP contribution in [0.3, 0.4) is 0 Å². The Hall–Kier alpha value is -1.02. The number of methoxy groups -OCH3 is 1. The topological polar surface area (TPSA) is 82.9 Å². The lowest BCUT2D eigenvalue weighted by Crippen LogP contribution is -2.22. The van der Waals surface area contributed by atoms with Gasteiger partial charge in [0.25, 0.3) is 0 Å². The molecule has 0 unspecified atom stereocenters. The first-order valence-electron chi connectivity index (χ1n) is 5.40. The van der Waals surface area contributed by atoms with E-state index in [4.69, 9.17) is 20.9 Å². The highest BCUT2D eigenvalue weighted by molar-refractivity contribution is 14.0. The van der Waals surface area contributed by atoms with Gasteiger partial charge >= 0.3 is 0 Å². The fourth-order valence-electron chi connectivity index (χ4n) is 1.34. The predicted molar refractivity (Wildman–Crippen MR) is 83.5 cm³/mol. The standard InChI is InChI=1S/C12H19N3O2.HI/c1-9-3-4-10(8-15-12(13)14)11(7-9)17-6-5-16-2;/h3-4,7H,5-6,8H2,1-2H3,(H4,13,14,15);1H. The van der Waals surface area contributed by atoms with Crippen molar-refractivity contribution in [2.24, 2.45) is 16.5 Å². The zero-order chi connectivity index (χ0) is 12.7. The molecule has 0 radical (unpaired) electrons. The molecule has 0 saturated heterocycles. The van der Waals surface area contributed by atoms with Crippen molar-refractivity contribution in [3.63, 3.8) is 0 Å². The molecule has 1 aromatic carbocycles. The fraction of sp³-hybridized carbons (Fsp3) is 0.417. The van der Waals surface area contributed by atoms with Gasteiger partial charge in [-0.1, -0.05) is 12.1 Å². The Balaban J connectivity index is 0.00000289. The molecule has 0 amide bonds. The first kappa shape index (κ1) is 17.0. The van der Waals surface area contributed by atoms with Crippen LogP contribution < -0.4 is 16.2 Å². The average molecular weight is 365 g/mol. The second-order valence-corrected chi connectivity index (χ2v) is 3.69. The summed E-state index contributed by atoms with van der Waals surface area (Å²) in [5.41, 5.74) is 12.7. The van der Waals surface area contributed by atoms with Crippen LogP contribution in [0, 0.1) is 6.92 Å². The first-order chi connectivity index (χ1) is 8.13. The summed E-state index contributed by atoms with van der Waals surface area (Å²) >= 11 is 0. The van der Waals surface area contributed by atoms with Crippen LogP contribution in [0.25, 0.3) is 0 Å². The molecule has 5 nitrogen and oxygen atoms in total. The van der Waals surface area contributed by atoms with E-state index in [0.29, 0.717) is 19.8 Å². The van der Waals surface area contributed by atoms with Crippen LogP contribution in [0.4, 0.5) is 0 Å². The number of nitrogens with two attached hydrogens (primary N) is 2. The third kappa shape index (κ3) is 6.06. The Morgan fingerprint density at radius 3 is 2.61 bits per heavy atom. The number of benzene rings is 1. The molecule has 0 heterocycles.